The average molecular weight is 432 g/mol. The van der Waals surface area contributed by atoms with Gasteiger partial charge in [-0.15, -0.1) is 0 Å². The molecule has 0 saturated heterocycles. The van der Waals surface area contributed by atoms with Crippen LogP contribution in [-0.4, -0.2) is 28.1 Å². The van der Waals surface area contributed by atoms with E-state index >= 15 is 0 Å². The molecule has 6 N–H and O–H groups in total. The van der Waals surface area contributed by atoms with E-state index in [0.717, 1.165) is 18.9 Å². The van der Waals surface area contributed by atoms with Gasteiger partial charge in [0.25, 0.3) is 6.02 Å². The van der Waals surface area contributed by atoms with Gasteiger partial charge in [0.05, 0.1) is 22.9 Å². The number of ether oxygens (including phenoxy) is 1. The lowest BCUT2D eigenvalue weighted by Crippen LogP contribution is -2.19. The van der Waals surface area contributed by atoms with Gasteiger partial charge in [-0.3, -0.25) is 10.8 Å². The van der Waals surface area contributed by atoms with Gasteiger partial charge in [0.2, 0.25) is 5.90 Å². The Morgan fingerprint density at radius 3 is 2.19 bits per heavy atom. The number of aliphatic hydroxyl groups excluding tert-OH is 1. The van der Waals surface area contributed by atoms with Crippen molar-refractivity contribution in [1.82, 2.24) is 4.98 Å². The number of rotatable bonds is 2. The van der Waals surface area contributed by atoms with Crippen molar-refractivity contribution in [2.75, 3.05) is 0 Å². The highest BCUT2D eigenvalue weighted by atomic mass is 19.1. The number of nitrogens with two attached hydrogens (primary N) is 1. The van der Waals surface area contributed by atoms with Gasteiger partial charge in [0.15, 0.2) is 0 Å². The van der Waals surface area contributed by atoms with E-state index in [4.69, 9.17) is 26.4 Å². The number of hydrogen-bond acceptors (Lipinski definition) is 4. The standard InChI is InChI=1S/C16H11F3N4O.C6H12O/c17-8-3-1-7(2-4-8)13-12(15(20)24-16(21)22)10-5-9(18)6-11(19)14(10)23-13;7-6-4-2-1-3-5-6/h1-6,20,23H,(H3,21,22);6-7H,1-5H2. The number of aromatic nitrogens is 1. The molecule has 1 heterocycles. The van der Waals surface area contributed by atoms with Crippen LogP contribution in [0.2, 0.25) is 0 Å². The summed E-state index contributed by atoms with van der Waals surface area (Å²) in [7, 11) is 0. The lowest BCUT2D eigenvalue weighted by atomic mass is 9.98. The molecule has 0 amide bonds. The maximum Gasteiger partial charge on any atom is 0.285 e. The first-order valence-electron chi connectivity index (χ1n) is 9.81. The molecule has 1 aliphatic rings. The van der Waals surface area contributed by atoms with Crippen LogP contribution < -0.4 is 5.73 Å². The third kappa shape index (κ3) is 5.43. The SMILES string of the molecule is N=C(N)OC(=N)c1c(-c2ccc(F)cc2)[nH]c2c(F)cc(F)cc12.OC1CCCCC1. The van der Waals surface area contributed by atoms with Crippen molar-refractivity contribution in [3.8, 4) is 11.3 Å². The Morgan fingerprint density at radius 2 is 1.65 bits per heavy atom. The lowest BCUT2D eigenvalue weighted by molar-refractivity contribution is 0.130. The van der Waals surface area contributed by atoms with Gasteiger partial charge in [-0.05, 0) is 48.7 Å². The summed E-state index contributed by atoms with van der Waals surface area (Å²) in [6.07, 6.45) is 5.92. The maximum atomic E-state index is 14.0. The van der Waals surface area contributed by atoms with E-state index in [2.05, 4.69) is 4.98 Å². The molecule has 0 spiro atoms. The summed E-state index contributed by atoms with van der Waals surface area (Å²) in [5.41, 5.74) is 5.76. The zero-order chi connectivity index (χ0) is 22.5. The Balaban J connectivity index is 0.000000330. The summed E-state index contributed by atoms with van der Waals surface area (Å²) < 4.78 is 45.5. The summed E-state index contributed by atoms with van der Waals surface area (Å²) in [5.74, 6) is -2.71. The minimum Gasteiger partial charge on any atom is -0.407 e. The number of aromatic amines is 1. The lowest BCUT2D eigenvalue weighted by Gasteiger charge is -2.14. The second kappa shape index (κ2) is 9.65. The summed E-state index contributed by atoms with van der Waals surface area (Å²) in [4.78, 5) is 2.75. The van der Waals surface area contributed by atoms with Crippen LogP contribution in [-0.2, 0) is 4.74 Å². The highest BCUT2D eigenvalue weighted by Gasteiger charge is 2.22. The number of fused-ring (bicyclic) bond motifs is 1. The number of halogens is 3. The maximum absolute atomic E-state index is 14.0. The van der Waals surface area contributed by atoms with Crippen LogP contribution >= 0.6 is 0 Å². The molecule has 31 heavy (non-hydrogen) atoms. The largest absolute Gasteiger partial charge is 0.407 e. The fourth-order valence-electron chi connectivity index (χ4n) is 3.53. The molecular formula is C22H23F3N4O2. The van der Waals surface area contributed by atoms with E-state index in [-0.39, 0.29) is 28.3 Å². The third-order valence-corrected chi connectivity index (χ3v) is 4.97. The smallest absolute Gasteiger partial charge is 0.285 e. The summed E-state index contributed by atoms with van der Waals surface area (Å²) >= 11 is 0. The van der Waals surface area contributed by atoms with Gasteiger partial charge in [-0.25, -0.2) is 13.2 Å². The number of H-pyrrole nitrogens is 1. The van der Waals surface area contributed by atoms with Crippen molar-refractivity contribution in [2.24, 2.45) is 5.73 Å². The Kier molecular flexibility index (Phi) is 6.96. The molecule has 1 aromatic heterocycles. The summed E-state index contributed by atoms with van der Waals surface area (Å²) in [5, 5.41) is 24.0. The zero-order valence-corrected chi connectivity index (χ0v) is 16.6. The summed E-state index contributed by atoms with van der Waals surface area (Å²) in [6, 6.07) is 6.21. The fraction of sp³-hybridized carbons (Fsp3) is 0.273. The van der Waals surface area contributed by atoms with Crippen LogP contribution in [0.15, 0.2) is 36.4 Å². The quantitative estimate of drug-likeness (QED) is 0.296. The Hall–Kier alpha value is -3.33. The number of benzene rings is 2. The van der Waals surface area contributed by atoms with Gasteiger partial charge in [-0.2, -0.15) is 0 Å². The minimum atomic E-state index is -0.852. The Morgan fingerprint density at radius 1 is 1.00 bits per heavy atom. The molecule has 3 aromatic rings. The molecule has 0 bridgehead atoms. The predicted octanol–water partition coefficient (Wildman–Crippen LogP) is 4.80. The van der Waals surface area contributed by atoms with Crippen LogP contribution in [0.5, 0.6) is 0 Å². The van der Waals surface area contributed by atoms with Crippen LogP contribution in [0.3, 0.4) is 0 Å². The molecule has 0 aliphatic heterocycles. The van der Waals surface area contributed by atoms with Gasteiger partial charge in [0.1, 0.15) is 17.5 Å². The number of amidine groups is 1. The van der Waals surface area contributed by atoms with Crippen LogP contribution in [0.1, 0.15) is 37.7 Å². The van der Waals surface area contributed by atoms with E-state index in [1.807, 2.05) is 0 Å². The number of aliphatic hydroxyl groups is 1. The monoisotopic (exact) mass is 432 g/mol. The highest BCUT2D eigenvalue weighted by Crippen LogP contribution is 2.33. The van der Waals surface area contributed by atoms with Crippen molar-refractivity contribution in [1.29, 1.82) is 10.8 Å². The summed E-state index contributed by atoms with van der Waals surface area (Å²) in [6.45, 7) is 0. The zero-order valence-electron chi connectivity index (χ0n) is 16.6. The first-order chi connectivity index (χ1) is 14.8. The van der Waals surface area contributed by atoms with E-state index in [0.29, 0.717) is 11.6 Å². The predicted molar refractivity (Wildman–Crippen MR) is 113 cm³/mol. The van der Waals surface area contributed by atoms with E-state index < -0.39 is 29.4 Å². The van der Waals surface area contributed by atoms with Gasteiger partial charge in [0, 0.05) is 11.5 Å². The highest BCUT2D eigenvalue weighted by molar-refractivity contribution is 6.13. The Labute approximate surface area is 176 Å². The molecule has 1 saturated carbocycles. The van der Waals surface area contributed by atoms with Crippen molar-refractivity contribution in [3.05, 3.63) is 59.4 Å². The van der Waals surface area contributed by atoms with Gasteiger partial charge >= 0.3 is 0 Å². The molecule has 0 atom stereocenters. The molecule has 0 radical (unpaired) electrons. The molecule has 4 rings (SSSR count). The van der Waals surface area contributed by atoms with Gasteiger partial charge < -0.3 is 20.6 Å². The topological polar surface area (TPSA) is 119 Å². The van der Waals surface area contributed by atoms with Crippen molar-refractivity contribution < 1.29 is 23.0 Å². The average Bonchev–Trinajstić information content (AvgIpc) is 3.09. The minimum absolute atomic E-state index is 0.0187. The molecule has 1 fully saturated rings. The molecule has 164 valence electrons. The third-order valence-electron chi connectivity index (χ3n) is 4.97. The van der Waals surface area contributed by atoms with E-state index in [1.54, 1.807) is 0 Å². The van der Waals surface area contributed by atoms with Crippen LogP contribution in [0.4, 0.5) is 13.2 Å². The molecule has 0 unspecified atom stereocenters. The molecule has 2 aromatic carbocycles. The van der Waals surface area contributed by atoms with Gasteiger partial charge in [-0.1, -0.05) is 19.3 Å². The Bertz CT molecular complexity index is 1090. The number of nitrogens with one attached hydrogen (secondary N) is 3. The normalized spacial score (nSPS) is 14.1. The second-order valence-electron chi connectivity index (χ2n) is 7.28. The fourth-order valence-corrected chi connectivity index (χ4v) is 3.53. The number of hydrogen-bond donors (Lipinski definition) is 5. The van der Waals surface area contributed by atoms with Crippen molar-refractivity contribution >= 4 is 22.8 Å². The van der Waals surface area contributed by atoms with E-state index in [1.165, 1.54) is 43.5 Å². The van der Waals surface area contributed by atoms with Crippen LogP contribution in [0.25, 0.3) is 22.2 Å². The second-order valence-corrected chi connectivity index (χ2v) is 7.28. The van der Waals surface area contributed by atoms with Crippen molar-refractivity contribution in [2.45, 2.75) is 38.2 Å². The molecule has 9 heteroatoms. The molecule has 1 aliphatic carbocycles. The molecular weight excluding hydrogens is 409 g/mol. The first-order valence-corrected chi connectivity index (χ1v) is 9.81. The van der Waals surface area contributed by atoms with Crippen LogP contribution in [0, 0.1) is 28.3 Å². The molecule has 6 nitrogen and oxygen atoms in total. The first kappa shape index (κ1) is 22.4. The van der Waals surface area contributed by atoms with Crippen molar-refractivity contribution in [3.63, 3.8) is 0 Å². The van der Waals surface area contributed by atoms with E-state index in [9.17, 15) is 13.2 Å².